The second kappa shape index (κ2) is 11.8. The van der Waals surface area contributed by atoms with Crippen molar-refractivity contribution in [2.24, 2.45) is 5.92 Å². The molecule has 0 radical (unpaired) electrons. The Hall–Kier alpha value is -6.96. The van der Waals surface area contributed by atoms with Crippen molar-refractivity contribution in [1.82, 2.24) is 0 Å². The van der Waals surface area contributed by atoms with Gasteiger partial charge in [-0.3, -0.25) is 0 Å². The molecule has 9 aromatic carbocycles. The second-order valence-electron chi connectivity index (χ2n) is 15.1. The predicted molar refractivity (Wildman–Crippen MR) is 234 cm³/mol. The molecule has 10 aromatic rings. The molecule has 256 valence electrons. The van der Waals surface area contributed by atoms with Crippen molar-refractivity contribution in [2.75, 3.05) is 0 Å². The maximum atomic E-state index is 6.61. The Morgan fingerprint density at radius 2 is 1.07 bits per heavy atom. The van der Waals surface area contributed by atoms with Crippen molar-refractivity contribution in [3.8, 4) is 33.4 Å². The SMILES string of the molecule is C1=CC2=Cc3oc4cccc(-c5c6ccccc6c(-c6ccc(-c7c8ccccc8cc8ccc9ccccc9c78)cc6)c6ccccc56)c4c3CC2C=C1. The lowest BCUT2D eigenvalue weighted by molar-refractivity contribution is 0.586. The van der Waals surface area contributed by atoms with Gasteiger partial charge in [0.05, 0.1) is 0 Å². The lowest BCUT2D eigenvalue weighted by atomic mass is 9.81. The van der Waals surface area contributed by atoms with E-state index >= 15 is 0 Å². The summed E-state index contributed by atoms with van der Waals surface area (Å²) in [6, 6.07) is 58.3. The molecule has 12 rings (SSSR count). The highest BCUT2D eigenvalue weighted by Crippen LogP contribution is 2.49. The molecule has 1 atom stereocenters. The van der Waals surface area contributed by atoms with Crippen LogP contribution < -0.4 is 0 Å². The van der Waals surface area contributed by atoms with Gasteiger partial charge in [-0.2, -0.15) is 0 Å². The van der Waals surface area contributed by atoms with Crippen LogP contribution in [0.3, 0.4) is 0 Å². The summed E-state index contributed by atoms with van der Waals surface area (Å²) < 4.78 is 6.61. The zero-order valence-electron chi connectivity index (χ0n) is 30.1. The van der Waals surface area contributed by atoms with Gasteiger partial charge in [0, 0.05) is 16.9 Å². The van der Waals surface area contributed by atoms with Crippen LogP contribution in [0, 0.1) is 5.92 Å². The van der Waals surface area contributed by atoms with Crippen molar-refractivity contribution in [1.29, 1.82) is 0 Å². The molecule has 55 heavy (non-hydrogen) atoms. The molecule has 0 saturated heterocycles. The fourth-order valence-electron chi connectivity index (χ4n) is 9.74. The Bertz CT molecular complexity index is 3270. The minimum Gasteiger partial charge on any atom is -0.456 e. The molecule has 0 bridgehead atoms. The Labute approximate surface area is 318 Å². The van der Waals surface area contributed by atoms with Crippen LogP contribution in [-0.4, -0.2) is 0 Å². The van der Waals surface area contributed by atoms with Crippen molar-refractivity contribution in [3.63, 3.8) is 0 Å². The van der Waals surface area contributed by atoms with E-state index in [1.807, 2.05) is 0 Å². The Morgan fingerprint density at radius 1 is 0.455 bits per heavy atom. The van der Waals surface area contributed by atoms with Crippen LogP contribution in [0.25, 0.3) is 104 Å². The molecule has 0 amide bonds. The van der Waals surface area contributed by atoms with Crippen LogP contribution in [0.4, 0.5) is 0 Å². The minimum atomic E-state index is 0.371. The van der Waals surface area contributed by atoms with Gasteiger partial charge in [-0.25, -0.2) is 0 Å². The Balaban J connectivity index is 1.09. The molecular weight excluding hydrogens is 665 g/mol. The van der Waals surface area contributed by atoms with Crippen LogP contribution in [0.5, 0.6) is 0 Å². The van der Waals surface area contributed by atoms with Gasteiger partial charge in [0.2, 0.25) is 0 Å². The van der Waals surface area contributed by atoms with E-state index in [1.165, 1.54) is 104 Å². The van der Waals surface area contributed by atoms with E-state index in [0.29, 0.717) is 5.92 Å². The first kappa shape index (κ1) is 30.5. The molecule has 0 aliphatic heterocycles. The number of fused-ring (bicyclic) bond motifs is 10. The molecule has 1 unspecified atom stereocenters. The summed E-state index contributed by atoms with van der Waals surface area (Å²) in [6.07, 6.45) is 12.0. The molecule has 0 fully saturated rings. The summed E-state index contributed by atoms with van der Waals surface area (Å²) in [4.78, 5) is 0. The number of furan rings is 1. The summed E-state index contributed by atoms with van der Waals surface area (Å²) in [7, 11) is 0. The highest BCUT2D eigenvalue weighted by atomic mass is 16.3. The summed E-state index contributed by atoms with van der Waals surface area (Å²) in [5.41, 5.74) is 11.1. The lowest BCUT2D eigenvalue weighted by Crippen LogP contribution is -2.10. The van der Waals surface area contributed by atoms with Crippen LogP contribution in [-0.2, 0) is 6.42 Å². The van der Waals surface area contributed by atoms with Crippen molar-refractivity contribution in [3.05, 3.63) is 199 Å². The van der Waals surface area contributed by atoms with Gasteiger partial charge >= 0.3 is 0 Å². The molecule has 0 N–H and O–H groups in total. The van der Waals surface area contributed by atoms with Crippen LogP contribution in [0.15, 0.2) is 192 Å². The van der Waals surface area contributed by atoms with E-state index in [9.17, 15) is 0 Å². The van der Waals surface area contributed by atoms with Gasteiger partial charge in [-0.05, 0) is 117 Å². The maximum Gasteiger partial charge on any atom is 0.135 e. The van der Waals surface area contributed by atoms with Gasteiger partial charge in [0.1, 0.15) is 11.3 Å². The van der Waals surface area contributed by atoms with E-state index in [2.05, 4.69) is 188 Å². The minimum absolute atomic E-state index is 0.371. The van der Waals surface area contributed by atoms with E-state index in [0.717, 1.165) is 17.8 Å². The molecular formula is C54H34O. The largest absolute Gasteiger partial charge is 0.456 e. The molecule has 1 aromatic heterocycles. The molecule has 0 spiro atoms. The molecule has 2 aliphatic rings. The summed E-state index contributed by atoms with van der Waals surface area (Å²) in [5, 5.41) is 13.9. The highest BCUT2D eigenvalue weighted by molar-refractivity contribution is 6.25. The molecule has 1 nitrogen and oxygen atoms in total. The van der Waals surface area contributed by atoms with Gasteiger partial charge in [0.25, 0.3) is 0 Å². The number of allylic oxidation sites excluding steroid dienone is 5. The summed E-state index contributed by atoms with van der Waals surface area (Å²) in [6.45, 7) is 0. The number of hydrogen-bond acceptors (Lipinski definition) is 1. The second-order valence-corrected chi connectivity index (χ2v) is 15.1. The lowest BCUT2D eigenvalue weighted by Gasteiger charge is -2.22. The standard InChI is InChI=1S/C54H34O/c1-2-14-37-32-49-47(31-36(37)13-1)54-46(22-11-23-48(54)55-49)53-44-20-9-7-18-42(44)50(43-19-8-10-21-45(43)53)34-25-27-35(28-26-34)51-41-17-6-4-15-38(41)30-39-29-24-33-12-3-5-16-40(33)52(39)51/h1-30,32,36H,31H2. The number of rotatable bonds is 3. The normalized spacial score (nSPS) is 15.0. The fraction of sp³-hybridized carbons (Fsp3) is 0.0370. The quantitative estimate of drug-likeness (QED) is 0.132. The third kappa shape index (κ3) is 4.54. The first-order valence-corrected chi connectivity index (χ1v) is 19.3. The average molecular weight is 699 g/mol. The molecule has 1 heteroatoms. The third-order valence-corrected chi connectivity index (χ3v) is 12.2. The zero-order chi connectivity index (χ0) is 36.0. The molecule has 2 aliphatic carbocycles. The van der Waals surface area contributed by atoms with Crippen LogP contribution in [0.1, 0.15) is 11.3 Å². The highest BCUT2D eigenvalue weighted by Gasteiger charge is 2.27. The smallest absolute Gasteiger partial charge is 0.135 e. The third-order valence-electron chi connectivity index (χ3n) is 12.2. The zero-order valence-corrected chi connectivity index (χ0v) is 30.1. The first-order chi connectivity index (χ1) is 27.3. The van der Waals surface area contributed by atoms with Crippen LogP contribution in [0.2, 0.25) is 0 Å². The molecule has 0 saturated carbocycles. The van der Waals surface area contributed by atoms with E-state index in [-0.39, 0.29) is 0 Å². The molecule has 1 heterocycles. The maximum absolute atomic E-state index is 6.61. The van der Waals surface area contributed by atoms with Gasteiger partial charge < -0.3 is 4.42 Å². The van der Waals surface area contributed by atoms with E-state index in [4.69, 9.17) is 4.42 Å². The fourth-order valence-corrected chi connectivity index (χ4v) is 9.74. The van der Waals surface area contributed by atoms with E-state index < -0.39 is 0 Å². The van der Waals surface area contributed by atoms with Gasteiger partial charge in [0.15, 0.2) is 0 Å². The Kier molecular flexibility index (Phi) is 6.53. The van der Waals surface area contributed by atoms with E-state index in [1.54, 1.807) is 0 Å². The van der Waals surface area contributed by atoms with Crippen molar-refractivity contribution >= 4 is 70.9 Å². The monoisotopic (exact) mass is 698 g/mol. The van der Waals surface area contributed by atoms with Gasteiger partial charge in [-0.15, -0.1) is 0 Å². The van der Waals surface area contributed by atoms with Crippen molar-refractivity contribution in [2.45, 2.75) is 6.42 Å². The van der Waals surface area contributed by atoms with Crippen molar-refractivity contribution < 1.29 is 4.42 Å². The Morgan fingerprint density at radius 3 is 1.82 bits per heavy atom. The number of benzene rings is 9. The topological polar surface area (TPSA) is 13.1 Å². The van der Waals surface area contributed by atoms with Crippen LogP contribution >= 0.6 is 0 Å². The predicted octanol–water partition coefficient (Wildman–Crippen LogP) is 14.9. The summed E-state index contributed by atoms with van der Waals surface area (Å²) >= 11 is 0. The average Bonchev–Trinajstić information content (AvgIpc) is 3.61. The number of hydrogen-bond donors (Lipinski definition) is 0. The first-order valence-electron chi connectivity index (χ1n) is 19.3. The van der Waals surface area contributed by atoms with Gasteiger partial charge in [-0.1, -0.05) is 170 Å². The summed E-state index contributed by atoms with van der Waals surface area (Å²) in [5.74, 6) is 1.36.